The van der Waals surface area contributed by atoms with Crippen molar-refractivity contribution in [1.82, 2.24) is 29.3 Å². The van der Waals surface area contributed by atoms with Crippen LogP contribution < -0.4 is 11.1 Å². The molecule has 8 heteroatoms. The van der Waals surface area contributed by atoms with E-state index in [1.54, 1.807) is 29.1 Å². The Morgan fingerprint density at radius 2 is 1.74 bits per heavy atom. The third-order valence-corrected chi connectivity index (χ3v) is 6.27. The van der Waals surface area contributed by atoms with Crippen LogP contribution in [0.25, 0.3) is 27.8 Å². The summed E-state index contributed by atoms with van der Waals surface area (Å²) < 4.78 is 3.11. The third kappa shape index (κ3) is 3.56. The molecule has 1 aliphatic carbocycles. The van der Waals surface area contributed by atoms with Gasteiger partial charge < -0.3 is 4.57 Å². The zero-order valence-electron chi connectivity index (χ0n) is 17.7. The Bertz CT molecular complexity index is 1360. The monoisotopic (exact) mass is 418 g/mol. The van der Waals surface area contributed by atoms with Crippen LogP contribution in [0.2, 0.25) is 0 Å². The lowest BCUT2D eigenvalue weighted by Gasteiger charge is -2.18. The van der Waals surface area contributed by atoms with Crippen LogP contribution in [0.4, 0.5) is 0 Å². The zero-order valence-corrected chi connectivity index (χ0v) is 17.7. The number of aromatic nitrogens is 6. The van der Waals surface area contributed by atoms with Crippen molar-refractivity contribution in [2.45, 2.75) is 64.3 Å². The molecule has 1 fully saturated rings. The molecule has 31 heavy (non-hydrogen) atoms. The number of pyridine rings is 3. The Balaban J connectivity index is 1.59. The van der Waals surface area contributed by atoms with Gasteiger partial charge in [0, 0.05) is 24.9 Å². The Morgan fingerprint density at radius 1 is 1.00 bits per heavy atom. The molecule has 0 amide bonds. The van der Waals surface area contributed by atoms with Gasteiger partial charge in [0.15, 0.2) is 0 Å². The number of nitrogens with one attached hydrogen (secondary N) is 1. The number of hydrogen-bond acceptors (Lipinski definition) is 5. The van der Waals surface area contributed by atoms with Gasteiger partial charge in [0.25, 0.3) is 17.1 Å². The van der Waals surface area contributed by atoms with E-state index < -0.39 is 0 Å². The highest BCUT2D eigenvalue weighted by Gasteiger charge is 2.20. The van der Waals surface area contributed by atoms with Crippen LogP contribution in [-0.4, -0.2) is 29.3 Å². The minimum Gasteiger partial charge on any atom is -0.315 e. The van der Waals surface area contributed by atoms with E-state index in [2.05, 4.69) is 27.1 Å². The van der Waals surface area contributed by atoms with E-state index in [1.807, 2.05) is 6.07 Å². The highest BCUT2D eigenvalue weighted by molar-refractivity contribution is 5.91. The molecule has 0 aliphatic heterocycles. The van der Waals surface area contributed by atoms with E-state index in [-0.39, 0.29) is 11.1 Å². The maximum Gasteiger partial charge on any atom is 0.267 e. The van der Waals surface area contributed by atoms with E-state index in [0.717, 1.165) is 31.5 Å². The molecule has 0 spiro atoms. The number of hydrogen-bond donors (Lipinski definition) is 1. The Hall–Kier alpha value is -3.29. The van der Waals surface area contributed by atoms with Crippen molar-refractivity contribution in [2.75, 3.05) is 0 Å². The summed E-state index contributed by atoms with van der Waals surface area (Å²) in [6.45, 7) is 2.75. The van der Waals surface area contributed by atoms with Crippen LogP contribution in [0.3, 0.4) is 0 Å². The summed E-state index contributed by atoms with van der Waals surface area (Å²) in [5.41, 5.74) is 0.763. The van der Waals surface area contributed by atoms with Gasteiger partial charge in [-0.3, -0.25) is 14.7 Å². The lowest BCUT2D eigenvalue weighted by Crippen LogP contribution is -2.22. The molecular formula is C23H26N6O2. The highest BCUT2D eigenvalue weighted by Crippen LogP contribution is 2.30. The summed E-state index contributed by atoms with van der Waals surface area (Å²) in [5, 5.41) is 8.17. The SMILES string of the molecule is CCCCn1ccc2nc3ccn(-c4n[nH]c(C5CCCCC5)n4)c(=O)c3cc2c1=O. The molecule has 4 aromatic heterocycles. The third-order valence-electron chi connectivity index (χ3n) is 6.27. The number of rotatable bonds is 5. The molecule has 8 nitrogen and oxygen atoms in total. The largest absolute Gasteiger partial charge is 0.315 e. The first-order valence-corrected chi connectivity index (χ1v) is 11.1. The fraction of sp³-hybridized carbons (Fsp3) is 0.435. The fourth-order valence-corrected chi connectivity index (χ4v) is 4.46. The molecule has 5 rings (SSSR count). The molecular weight excluding hydrogens is 392 g/mol. The molecule has 4 heterocycles. The first-order valence-electron chi connectivity index (χ1n) is 11.1. The van der Waals surface area contributed by atoms with E-state index in [0.29, 0.717) is 40.2 Å². The van der Waals surface area contributed by atoms with Crippen molar-refractivity contribution < 1.29 is 0 Å². The van der Waals surface area contributed by atoms with Crippen LogP contribution in [0.1, 0.15) is 63.6 Å². The summed E-state index contributed by atoms with van der Waals surface area (Å²) in [5.74, 6) is 1.55. The quantitative estimate of drug-likeness (QED) is 0.499. The van der Waals surface area contributed by atoms with Crippen LogP contribution in [0.5, 0.6) is 0 Å². The molecule has 0 unspecified atom stereocenters. The van der Waals surface area contributed by atoms with Gasteiger partial charge in [-0.2, -0.15) is 4.98 Å². The number of unbranched alkanes of at least 4 members (excludes halogenated alkanes) is 1. The zero-order chi connectivity index (χ0) is 21.4. The van der Waals surface area contributed by atoms with Gasteiger partial charge in [-0.05, 0) is 37.5 Å². The number of aryl methyl sites for hydroxylation is 1. The molecule has 0 bridgehead atoms. The lowest BCUT2D eigenvalue weighted by molar-refractivity contribution is 0.429. The van der Waals surface area contributed by atoms with E-state index >= 15 is 0 Å². The Labute approximate surface area is 179 Å². The molecule has 1 aliphatic rings. The molecule has 0 saturated heterocycles. The number of nitrogens with zero attached hydrogens (tertiary/aromatic N) is 5. The first-order chi connectivity index (χ1) is 15.2. The van der Waals surface area contributed by atoms with Crippen LogP contribution in [0.15, 0.2) is 40.2 Å². The first kappa shape index (κ1) is 19.7. The summed E-state index contributed by atoms with van der Waals surface area (Å²) >= 11 is 0. The van der Waals surface area contributed by atoms with Crippen molar-refractivity contribution in [3.63, 3.8) is 0 Å². The lowest BCUT2D eigenvalue weighted by atomic mass is 9.89. The molecule has 0 atom stereocenters. The molecule has 4 aromatic rings. The standard InChI is InChI=1S/C23H26N6O2/c1-2-3-11-28-12-9-18-16(21(28)30)14-17-19(24-18)10-13-29(22(17)31)23-25-20(26-27-23)15-7-5-4-6-8-15/h9-10,12-15H,2-8,11H2,1H3,(H,25,26,27). The summed E-state index contributed by atoms with van der Waals surface area (Å²) in [4.78, 5) is 35.3. The summed E-state index contributed by atoms with van der Waals surface area (Å²) in [6, 6.07) is 5.27. The van der Waals surface area contributed by atoms with Crippen molar-refractivity contribution in [1.29, 1.82) is 0 Å². The second-order valence-corrected chi connectivity index (χ2v) is 8.37. The Kier molecular flexibility index (Phi) is 5.13. The normalized spacial score (nSPS) is 15.1. The molecule has 160 valence electrons. The van der Waals surface area contributed by atoms with Gasteiger partial charge in [-0.1, -0.05) is 32.6 Å². The van der Waals surface area contributed by atoms with Gasteiger partial charge in [-0.15, -0.1) is 5.10 Å². The smallest absolute Gasteiger partial charge is 0.267 e. The second-order valence-electron chi connectivity index (χ2n) is 8.37. The topological polar surface area (TPSA) is 98.5 Å². The predicted molar refractivity (Wildman–Crippen MR) is 120 cm³/mol. The van der Waals surface area contributed by atoms with Crippen molar-refractivity contribution in [3.8, 4) is 5.95 Å². The number of aromatic amines is 1. The average molecular weight is 419 g/mol. The summed E-state index contributed by atoms with van der Waals surface area (Å²) in [6.07, 6.45) is 11.2. The van der Waals surface area contributed by atoms with Gasteiger partial charge in [0.2, 0.25) is 0 Å². The number of fused-ring (bicyclic) bond motifs is 2. The molecule has 1 N–H and O–H groups in total. The molecule has 0 radical (unpaired) electrons. The molecule has 0 aromatic carbocycles. The van der Waals surface area contributed by atoms with E-state index in [9.17, 15) is 9.59 Å². The molecule has 1 saturated carbocycles. The van der Waals surface area contributed by atoms with Crippen molar-refractivity contribution >= 4 is 21.8 Å². The van der Waals surface area contributed by atoms with Crippen molar-refractivity contribution in [3.05, 3.63) is 57.1 Å². The van der Waals surface area contributed by atoms with Crippen LogP contribution >= 0.6 is 0 Å². The fourth-order valence-electron chi connectivity index (χ4n) is 4.46. The Morgan fingerprint density at radius 3 is 2.52 bits per heavy atom. The average Bonchev–Trinajstić information content (AvgIpc) is 3.29. The number of H-pyrrole nitrogens is 1. The van der Waals surface area contributed by atoms with E-state index in [4.69, 9.17) is 0 Å². The van der Waals surface area contributed by atoms with Crippen LogP contribution in [0, 0.1) is 0 Å². The highest BCUT2D eigenvalue weighted by atomic mass is 16.1. The predicted octanol–water partition coefficient (Wildman–Crippen LogP) is 3.67. The van der Waals surface area contributed by atoms with Gasteiger partial charge in [-0.25, -0.2) is 9.55 Å². The van der Waals surface area contributed by atoms with Gasteiger partial charge in [0.1, 0.15) is 5.82 Å². The maximum absolute atomic E-state index is 13.2. The maximum atomic E-state index is 13.2. The second kappa shape index (κ2) is 8.09. The minimum atomic E-state index is -0.274. The van der Waals surface area contributed by atoms with Gasteiger partial charge in [0.05, 0.1) is 21.8 Å². The van der Waals surface area contributed by atoms with Gasteiger partial charge >= 0.3 is 0 Å². The van der Waals surface area contributed by atoms with Crippen molar-refractivity contribution in [2.24, 2.45) is 0 Å². The van der Waals surface area contributed by atoms with Crippen LogP contribution in [-0.2, 0) is 6.54 Å². The minimum absolute atomic E-state index is 0.118. The summed E-state index contributed by atoms with van der Waals surface area (Å²) in [7, 11) is 0. The van der Waals surface area contributed by atoms with E-state index in [1.165, 1.54) is 23.8 Å².